The number of nitrogens with two attached hydrogens (primary N) is 1. The molecule has 2 atom stereocenters. The SMILES string of the molecule is CC(CC(C)(N)CO)SC1CCCC1. The lowest BCUT2D eigenvalue weighted by molar-refractivity contribution is 0.201. The average Bonchev–Trinajstić information content (AvgIpc) is 2.55. The van der Waals surface area contributed by atoms with Crippen molar-refractivity contribution in [2.45, 2.75) is 62.0 Å². The lowest BCUT2D eigenvalue weighted by atomic mass is 9.99. The van der Waals surface area contributed by atoms with E-state index in [-0.39, 0.29) is 6.61 Å². The van der Waals surface area contributed by atoms with Crippen LogP contribution in [0.1, 0.15) is 46.0 Å². The molecule has 0 spiro atoms. The van der Waals surface area contributed by atoms with Gasteiger partial charge in [0.25, 0.3) is 0 Å². The summed E-state index contributed by atoms with van der Waals surface area (Å²) < 4.78 is 0. The molecule has 0 radical (unpaired) electrons. The van der Waals surface area contributed by atoms with Crippen LogP contribution in [-0.4, -0.2) is 27.8 Å². The van der Waals surface area contributed by atoms with Crippen molar-refractivity contribution in [2.75, 3.05) is 6.61 Å². The molecule has 14 heavy (non-hydrogen) atoms. The normalized spacial score (nSPS) is 24.9. The second-order valence-electron chi connectivity index (χ2n) is 4.87. The molecule has 2 nitrogen and oxygen atoms in total. The maximum atomic E-state index is 9.07. The van der Waals surface area contributed by atoms with Crippen LogP contribution in [0.15, 0.2) is 0 Å². The van der Waals surface area contributed by atoms with Crippen molar-refractivity contribution in [3.8, 4) is 0 Å². The van der Waals surface area contributed by atoms with Gasteiger partial charge in [-0.15, -0.1) is 0 Å². The summed E-state index contributed by atoms with van der Waals surface area (Å²) in [5.74, 6) is 0. The minimum absolute atomic E-state index is 0.0859. The number of rotatable bonds is 5. The number of hydrogen-bond acceptors (Lipinski definition) is 3. The van der Waals surface area contributed by atoms with Gasteiger partial charge in [-0.3, -0.25) is 0 Å². The van der Waals surface area contributed by atoms with Crippen LogP contribution in [0.4, 0.5) is 0 Å². The van der Waals surface area contributed by atoms with E-state index in [2.05, 4.69) is 18.7 Å². The standard InChI is InChI=1S/C11H23NOS/c1-9(7-11(2,12)8-13)14-10-5-3-4-6-10/h9-10,13H,3-8,12H2,1-2H3. The Hall–Kier alpha value is 0.270. The van der Waals surface area contributed by atoms with Gasteiger partial charge < -0.3 is 10.8 Å². The Morgan fingerprint density at radius 3 is 2.57 bits per heavy atom. The topological polar surface area (TPSA) is 46.2 Å². The Balaban J connectivity index is 2.23. The van der Waals surface area contributed by atoms with Crippen molar-refractivity contribution >= 4 is 11.8 Å². The molecule has 1 fully saturated rings. The van der Waals surface area contributed by atoms with E-state index in [1.165, 1.54) is 25.7 Å². The van der Waals surface area contributed by atoms with Gasteiger partial charge in [-0.2, -0.15) is 11.8 Å². The van der Waals surface area contributed by atoms with Crippen LogP contribution < -0.4 is 5.73 Å². The van der Waals surface area contributed by atoms with Crippen LogP contribution in [0.25, 0.3) is 0 Å². The fourth-order valence-corrected chi connectivity index (χ4v) is 3.86. The molecule has 0 heterocycles. The summed E-state index contributed by atoms with van der Waals surface area (Å²) in [6.07, 6.45) is 6.43. The summed E-state index contributed by atoms with van der Waals surface area (Å²) in [5, 5.41) is 10.5. The van der Waals surface area contributed by atoms with Gasteiger partial charge in [-0.25, -0.2) is 0 Å². The average molecular weight is 217 g/mol. The Morgan fingerprint density at radius 1 is 1.50 bits per heavy atom. The first-order valence-electron chi connectivity index (χ1n) is 5.59. The van der Waals surface area contributed by atoms with Crippen molar-refractivity contribution in [3.05, 3.63) is 0 Å². The van der Waals surface area contributed by atoms with E-state index in [4.69, 9.17) is 10.8 Å². The molecule has 1 aliphatic carbocycles. The minimum atomic E-state index is -0.398. The molecule has 2 unspecified atom stereocenters. The van der Waals surface area contributed by atoms with E-state index in [1.807, 2.05) is 6.92 Å². The molecule has 3 N–H and O–H groups in total. The van der Waals surface area contributed by atoms with Gasteiger partial charge in [0.05, 0.1) is 6.61 Å². The van der Waals surface area contributed by atoms with E-state index in [9.17, 15) is 0 Å². The molecule has 0 amide bonds. The lowest BCUT2D eigenvalue weighted by Crippen LogP contribution is -2.42. The van der Waals surface area contributed by atoms with Crippen LogP contribution in [0.3, 0.4) is 0 Å². The Kier molecular flexibility index (Phi) is 4.74. The summed E-state index contributed by atoms with van der Waals surface area (Å²) in [5.41, 5.74) is 5.53. The van der Waals surface area contributed by atoms with Gasteiger partial charge in [0.2, 0.25) is 0 Å². The van der Waals surface area contributed by atoms with Gasteiger partial charge in [0, 0.05) is 16.0 Å². The second-order valence-corrected chi connectivity index (χ2v) is 6.61. The smallest absolute Gasteiger partial charge is 0.0608 e. The van der Waals surface area contributed by atoms with Gasteiger partial charge >= 0.3 is 0 Å². The summed E-state index contributed by atoms with van der Waals surface area (Å²) in [4.78, 5) is 0. The van der Waals surface area contributed by atoms with Gasteiger partial charge in [-0.1, -0.05) is 19.8 Å². The number of aliphatic hydroxyl groups is 1. The number of thioether (sulfide) groups is 1. The molecule has 0 aromatic rings. The highest BCUT2D eigenvalue weighted by Gasteiger charge is 2.24. The molecule has 0 bridgehead atoms. The van der Waals surface area contributed by atoms with Gasteiger partial charge in [0.1, 0.15) is 0 Å². The van der Waals surface area contributed by atoms with Crippen molar-refractivity contribution < 1.29 is 5.11 Å². The molecule has 84 valence electrons. The van der Waals surface area contributed by atoms with E-state index in [0.717, 1.165) is 11.7 Å². The molecule has 0 aliphatic heterocycles. The summed E-state index contributed by atoms with van der Waals surface area (Å²) in [7, 11) is 0. The van der Waals surface area contributed by atoms with Crippen molar-refractivity contribution in [2.24, 2.45) is 5.73 Å². The van der Waals surface area contributed by atoms with Crippen LogP contribution in [-0.2, 0) is 0 Å². The molecule has 3 heteroatoms. The third-order valence-electron chi connectivity index (χ3n) is 2.84. The Labute approximate surface area is 91.6 Å². The fraction of sp³-hybridized carbons (Fsp3) is 1.00. The Bertz CT molecular complexity index is 167. The molecular weight excluding hydrogens is 194 g/mol. The third-order valence-corrected chi connectivity index (χ3v) is 4.33. The highest BCUT2D eigenvalue weighted by Crippen LogP contribution is 2.34. The molecule has 1 aliphatic rings. The quantitative estimate of drug-likeness (QED) is 0.742. The monoisotopic (exact) mass is 217 g/mol. The number of aliphatic hydroxyl groups excluding tert-OH is 1. The predicted octanol–water partition coefficient (Wildman–Crippen LogP) is 2.15. The van der Waals surface area contributed by atoms with Crippen LogP contribution in [0.2, 0.25) is 0 Å². The zero-order valence-corrected chi connectivity index (χ0v) is 10.1. The Morgan fingerprint density at radius 2 is 2.07 bits per heavy atom. The minimum Gasteiger partial charge on any atom is -0.394 e. The van der Waals surface area contributed by atoms with Crippen molar-refractivity contribution in [1.29, 1.82) is 0 Å². The summed E-state index contributed by atoms with van der Waals surface area (Å²) >= 11 is 2.06. The van der Waals surface area contributed by atoms with E-state index < -0.39 is 5.54 Å². The summed E-state index contributed by atoms with van der Waals surface area (Å²) in [6, 6.07) is 0. The third kappa shape index (κ3) is 4.20. The van der Waals surface area contributed by atoms with E-state index in [1.54, 1.807) is 0 Å². The zero-order valence-electron chi connectivity index (χ0n) is 9.33. The van der Waals surface area contributed by atoms with Crippen LogP contribution in [0, 0.1) is 0 Å². The largest absolute Gasteiger partial charge is 0.394 e. The van der Waals surface area contributed by atoms with Crippen molar-refractivity contribution in [1.82, 2.24) is 0 Å². The fourth-order valence-electron chi connectivity index (χ4n) is 2.12. The van der Waals surface area contributed by atoms with E-state index in [0.29, 0.717) is 5.25 Å². The lowest BCUT2D eigenvalue weighted by Gasteiger charge is -2.26. The zero-order chi connectivity index (χ0) is 10.6. The number of hydrogen-bond donors (Lipinski definition) is 2. The maximum Gasteiger partial charge on any atom is 0.0608 e. The van der Waals surface area contributed by atoms with Gasteiger partial charge in [0.15, 0.2) is 0 Å². The highest BCUT2D eigenvalue weighted by molar-refractivity contribution is 8.00. The van der Waals surface area contributed by atoms with Crippen molar-refractivity contribution in [3.63, 3.8) is 0 Å². The van der Waals surface area contributed by atoms with Gasteiger partial charge in [-0.05, 0) is 26.2 Å². The molecule has 1 saturated carbocycles. The first kappa shape index (κ1) is 12.3. The summed E-state index contributed by atoms with van der Waals surface area (Å²) in [6.45, 7) is 4.24. The van der Waals surface area contributed by atoms with Crippen LogP contribution in [0.5, 0.6) is 0 Å². The maximum absolute atomic E-state index is 9.07. The molecule has 0 aromatic heterocycles. The molecule has 0 saturated heterocycles. The van der Waals surface area contributed by atoms with Crippen LogP contribution >= 0.6 is 11.8 Å². The second kappa shape index (κ2) is 5.38. The highest BCUT2D eigenvalue weighted by atomic mass is 32.2. The molecule has 0 aromatic carbocycles. The predicted molar refractivity (Wildman–Crippen MR) is 63.6 cm³/mol. The molecular formula is C11H23NOS. The first-order chi connectivity index (χ1) is 6.53. The molecule has 1 rings (SSSR count). The first-order valence-corrected chi connectivity index (χ1v) is 6.53. The van der Waals surface area contributed by atoms with E-state index >= 15 is 0 Å².